The zero-order chi connectivity index (χ0) is 13.4. The molecule has 102 valence electrons. The van der Waals surface area contributed by atoms with Crippen molar-refractivity contribution in [1.29, 1.82) is 0 Å². The Balaban J connectivity index is 2.55. The Hall–Kier alpha value is -1.17. The van der Waals surface area contributed by atoms with E-state index < -0.39 is 0 Å². The lowest BCUT2D eigenvalue weighted by Crippen LogP contribution is -2.21. The maximum absolute atomic E-state index is 5.94. The van der Waals surface area contributed by atoms with E-state index in [4.69, 9.17) is 15.2 Å². The molecule has 1 aromatic heterocycles. The molecule has 0 aliphatic rings. The van der Waals surface area contributed by atoms with Crippen molar-refractivity contribution in [2.75, 3.05) is 39.7 Å². The van der Waals surface area contributed by atoms with Crippen LogP contribution in [0.3, 0.4) is 0 Å². The van der Waals surface area contributed by atoms with Gasteiger partial charge in [-0.15, -0.1) is 0 Å². The first-order valence-corrected chi connectivity index (χ1v) is 6.15. The third-order valence-electron chi connectivity index (χ3n) is 2.92. The van der Waals surface area contributed by atoms with E-state index in [0.717, 1.165) is 17.5 Å². The normalized spacial score (nSPS) is 12.6. The van der Waals surface area contributed by atoms with Crippen molar-refractivity contribution in [2.24, 2.45) is 0 Å². The van der Waals surface area contributed by atoms with Crippen molar-refractivity contribution in [3.05, 3.63) is 23.4 Å². The lowest BCUT2D eigenvalue weighted by molar-refractivity contribution is 0.0661. The van der Waals surface area contributed by atoms with Crippen LogP contribution in [-0.2, 0) is 9.47 Å². The molecule has 3 N–H and O–H groups in total. The van der Waals surface area contributed by atoms with Crippen molar-refractivity contribution in [2.45, 2.75) is 19.4 Å². The number of pyridine rings is 1. The number of methoxy groups -OCH3 is 1. The monoisotopic (exact) mass is 253 g/mol. The molecule has 5 nitrogen and oxygen atoms in total. The van der Waals surface area contributed by atoms with Gasteiger partial charge in [0.1, 0.15) is 5.82 Å². The number of nitrogens with one attached hydrogen (secondary N) is 1. The van der Waals surface area contributed by atoms with Crippen molar-refractivity contribution in [1.82, 2.24) is 10.3 Å². The quantitative estimate of drug-likeness (QED) is 0.683. The van der Waals surface area contributed by atoms with Crippen LogP contribution in [0.2, 0.25) is 0 Å². The molecule has 18 heavy (non-hydrogen) atoms. The standard InChI is InChI=1S/C13H23N3O2/c1-10-4-6-16-13(14)12(10)11(15-2)5-7-18-9-8-17-3/h4,6,11,15H,5,7-9H2,1-3H3,(H2,14,16). The fraction of sp³-hybridized carbons (Fsp3) is 0.615. The van der Waals surface area contributed by atoms with E-state index in [9.17, 15) is 0 Å². The number of anilines is 1. The van der Waals surface area contributed by atoms with Gasteiger partial charge in [-0.3, -0.25) is 0 Å². The van der Waals surface area contributed by atoms with Gasteiger partial charge in [0.25, 0.3) is 0 Å². The molecule has 1 aromatic rings. The van der Waals surface area contributed by atoms with Crippen LogP contribution in [-0.4, -0.2) is 39.0 Å². The SMILES string of the molecule is CNC(CCOCCOC)c1c(C)ccnc1N. The summed E-state index contributed by atoms with van der Waals surface area (Å²) in [6.07, 6.45) is 2.59. The number of aryl methyl sites for hydroxylation is 1. The Morgan fingerprint density at radius 3 is 2.78 bits per heavy atom. The highest BCUT2D eigenvalue weighted by molar-refractivity contribution is 5.46. The van der Waals surface area contributed by atoms with Crippen LogP contribution in [0, 0.1) is 6.92 Å². The number of nitrogen functional groups attached to an aromatic ring is 1. The molecule has 0 fully saturated rings. The summed E-state index contributed by atoms with van der Waals surface area (Å²) in [6.45, 7) is 3.96. The second-order valence-electron chi connectivity index (χ2n) is 4.16. The number of aromatic nitrogens is 1. The number of nitrogens with zero attached hydrogens (tertiary/aromatic N) is 1. The van der Waals surface area contributed by atoms with Gasteiger partial charge in [0.05, 0.1) is 13.2 Å². The molecule has 5 heteroatoms. The summed E-state index contributed by atoms with van der Waals surface area (Å²) in [4.78, 5) is 4.14. The van der Waals surface area contributed by atoms with Crippen molar-refractivity contribution < 1.29 is 9.47 Å². The van der Waals surface area contributed by atoms with Gasteiger partial charge in [0.2, 0.25) is 0 Å². The van der Waals surface area contributed by atoms with Gasteiger partial charge in [-0.2, -0.15) is 0 Å². The van der Waals surface area contributed by atoms with Gasteiger partial charge in [-0.1, -0.05) is 0 Å². The van der Waals surface area contributed by atoms with Gasteiger partial charge in [0.15, 0.2) is 0 Å². The lowest BCUT2D eigenvalue weighted by Gasteiger charge is -2.20. The highest BCUT2D eigenvalue weighted by atomic mass is 16.5. The molecule has 1 atom stereocenters. The van der Waals surface area contributed by atoms with Crippen LogP contribution in [0.1, 0.15) is 23.6 Å². The molecular formula is C13H23N3O2. The first kappa shape index (κ1) is 14.9. The summed E-state index contributed by atoms with van der Waals surface area (Å²) in [5.74, 6) is 0.589. The minimum absolute atomic E-state index is 0.168. The van der Waals surface area contributed by atoms with E-state index >= 15 is 0 Å². The molecule has 0 saturated carbocycles. The van der Waals surface area contributed by atoms with Crippen molar-refractivity contribution in [3.63, 3.8) is 0 Å². The van der Waals surface area contributed by atoms with Gasteiger partial charge >= 0.3 is 0 Å². The topological polar surface area (TPSA) is 69.4 Å². The molecule has 0 aliphatic heterocycles. The maximum Gasteiger partial charge on any atom is 0.128 e. The molecule has 0 aromatic carbocycles. The molecule has 1 rings (SSSR count). The summed E-state index contributed by atoms with van der Waals surface area (Å²) in [7, 11) is 3.59. The second-order valence-corrected chi connectivity index (χ2v) is 4.16. The number of ether oxygens (including phenoxy) is 2. The van der Waals surface area contributed by atoms with E-state index in [1.54, 1.807) is 13.3 Å². The molecule has 0 radical (unpaired) electrons. The van der Waals surface area contributed by atoms with E-state index in [2.05, 4.69) is 10.3 Å². The van der Waals surface area contributed by atoms with E-state index in [-0.39, 0.29) is 6.04 Å². The minimum Gasteiger partial charge on any atom is -0.383 e. The zero-order valence-corrected chi connectivity index (χ0v) is 11.4. The van der Waals surface area contributed by atoms with E-state index in [1.807, 2.05) is 20.0 Å². The first-order chi connectivity index (χ1) is 8.70. The molecule has 1 unspecified atom stereocenters. The van der Waals surface area contributed by atoms with Crippen molar-refractivity contribution >= 4 is 5.82 Å². The summed E-state index contributed by atoms with van der Waals surface area (Å²) >= 11 is 0. The fourth-order valence-electron chi connectivity index (χ4n) is 1.92. The highest BCUT2D eigenvalue weighted by Gasteiger charge is 2.15. The predicted molar refractivity (Wildman–Crippen MR) is 72.5 cm³/mol. The Labute approximate surface area is 109 Å². The average molecular weight is 253 g/mol. The third kappa shape index (κ3) is 4.25. The summed E-state index contributed by atoms with van der Waals surface area (Å²) in [5.41, 5.74) is 8.15. The van der Waals surface area contributed by atoms with Gasteiger partial charge in [-0.05, 0) is 32.0 Å². The molecule has 0 aliphatic carbocycles. The number of hydrogen-bond acceptors (Lipinski definition) is 5. The minimum atomic E-state index is 0.168. The average Bonchev–Trinajstić information content (AvgIpc) is 2.36. The van der Waals surface area contributed by atoms with Crippen molar-refractivity contribution in [3.8, 4) is 0 Å². The molecule has 0 saturated heterocycles. The maximum atomic E-state index is 5.94. The fourth-order valence-corrected chi connectivity index (χ4v) is 1.92. The Morgan fingerprint density at radius 1 is 1.39 bits per heavy atom. The second kappa shape index (κ2) is 8.02. The molecule has 0 bridgehead atoms. The van der Waals surface area contributed by atoms with Crippen LogP contribution < -0.4 is 11.1 Å². The van der Waals surface area contributed by atoms with Crippen LogP contribution in [0.4, 0.5) is 5.82 Å². The number of hydrogen-bond donors (Lipinski definition) is 2. The smallest absolute Gasteiger partial charge is 0.128 e. The molecule has 0 spiro atoms. The first-order valence-electron chi connectivity index (χ1n) is 6.15. The van der Waals surface area contributed by atoms with E-state index in [1.165, 1.54) is 0 Å². The van der Waals surface area contributed by atoms with Crippen LogP contribution in [0.15, 0.2) is 12.3 Å². The molecular weight excluding hydrogens is 230 g/mol. The largest absolute Gasteiger partial charge is 0.383 e. The highest BCUT2D eigenvalue weighted by Crippen LogP contribution is 2.24. The molecule has 1 heterocycles. The van der Waals surface area contributed by atoms with Gasteiger partial charge in [-0.25, -0.2) is 4.98 Å². The lowest BCUT2D eigenvalue weighted by atomic mass is 10.0. The zero-order valence-electron chi connectivity index (χ0n) is 11.4. The Morgan fingerprint density at radius 2 is 2.17 bits per heavy atom. The van der Waals surface area contributed by atoms with E-state index in [0.29, 0.717) is 25.6 Å². The molecule has 0 amide bonds. The van der Waals surface area contributed by atoms with Gasteiger partial charge in [0, 0.05) is 31.5 Å². The summed E-state index contributed by atoms with van der Waals surface area (Å²) in [5, 5.41) is 3.26. The Bertz CT molecular complexity index is 338. The third-order valence-corrected chi connectivity index (χ3v) is 2.92. The van der Waals surface area contributed by atoms with Gasteiger partial charge < -0.3 is 20.5 Å². The number of rotatable bonds is 8. The summed E-state index contributed by atoms with van der Waals surface area (Å²) in [6, 6.07) is 2.14. The Kier molecular flexibility index (Phi) is 6.64. The summed E-state index contributed by atoms with van der Waals surface area (Å²) < 4.78 is 10.4. The number of nitrogens with two attached hydrogens (primary N) is 1. The predicted octanol–water partition coefficient (Wildman–Crippen LogP) is 1.29. The van der Waals surface area contributed by atoms with Crippen LogP contribution in [0.25, 0.3) is 0 Å². The van der Waals surface area contributed by atoms with Crippen LogP contribution in [0.5, 0.6) is 0 Å². The van der Waals surface area contributed by atoms with Crippen LogP contribution >= 0.6 is 0 Å².